The second-order valence-electron chi connectivity index (χ2n) is 4.90. The quantitative estimate of drug-likeness (QED) is 0.672. The van der Waals surface area contributed by atoms with Crippen molar-refractivity contribution in [3.63, 3.8) is 0 Å². The van der Waals surface area contributed by atoms with Crippen LogP contribution in [0.4, 0.5) is 0 Å². The van der Waals surface area contributed by atoms with Crippen molar-refractivity contribution < 1.29 is 8.42 Å². The Morgan fingerprint density at radius 2 is 1.47 bits per heavy atom. The van der Waals surface area contributed by atoms with E-state index < -0.39 is 9.24 Å². The van der Waals surface area contributed by atoms with Gasteiger partial charge in [0.05, 0.1) is 0 Å². The molecule has 3 nitrogen and oxygen atoms in total. The Labute approximate surface area is 96.3 Å². The first-order valence-electron chi connectivity index (χ1n) is 5.72. The van der Waals surface area contributed by atoms with Crippen LogP contribution < -0.4 is 0 Å². The SMILES string of the molecule is O=S(=O)(Cl)N1CCC2(CCCCC2)CC1. The standard InChI is InChI=1S/C10H18ClNO2S/c11-15(13,14)12-8-6-10(7-9-12)4-2-1-3-5-10/h1-9H2. The van der Waals surface area contributed by atoms with Crippen LogP contribution in [0.3, 0.4) is 0 Å². The molecule has 0 aromatic carbocycles. The van der Waals surface area contributed by atoms with Gasteiger partial charge in [-0.1, -0.05) is 19.3 Å². The van der Waals surface area contributed by atoms with Gasteiger partial charge in [0.15, 0.2) is 0 Å². The minimum absolute atomic E-state index is 0.441. The predicted octanol–water partition coefficient (Wildman–Crippen LogP) is 2.52. The van der Waals surface area contributed by atoms with Crippen LogP contribution in [-0.2, 0) is 9.24 Å². The van der Waals surface area contributed by atoms with Crippen molar-refractivity contribution in [2.45, 2.75) is 44.9 Å². The van der Waals surface area contributed by atoms with Crippen molar-refractivity contribution in [1.82, 2.24) is 4.31 Å². The summed E-state index contributed by atoms with van der Waals surface area (Å²) in [6.07, 6.45) is 8.53. The summed E-state index contributed by atoms with van der Waals surface area (Å²) in [7, 11) is 1.86. The smallest absolute Gasteiger partial charge is 0.195 e. The average molecular weight is 252 g/mol. The third-order valence-corrected chi connectivity index (χ3v) is 5.57. The van der Waals surface area contributed by atoms with Gasteiger partial charge in [-0.3, -0.25) is 0 Å². The zero-order valence-corrected chi connectivity index (χ0v) is 10.5. The highest BCUT2D eigenvalue weighted by atomic mass is 35.7. The largest absolute Gasteiger partial charge is 0.299 e. The van der Waals surface area contributed by atoms with Crippen LogP contribution in [0, 0.1) is 5.41 Å². The molecule has 1 heterocycles. The zero-order valence-electron chi connectivity index (χ0n) is 8.91. The molecule has 15 heavy (non-hydrogen) atoms. The van der Waals surface area contributed by atoms with Gasteiger partial charge in [-0.2, -0.15) is 12.7 Å². The van der Waals surface area contributed by atoms with Crippen molar-refractivity contribution in [2.24, 2.45) is 5.41 Å². The number of halogens is 1. The Bertz CT molecular complexity index is 312. The number of rotatable bonds is 1. The molecule has 1 saturated carbocycles. The van der Waals surface area contributed by atoms with E-state index >= 15 is 0 Å². The number of hydrogen-bond acceptors (Lipinski definition) is 2. The molecule has 0 aromatic heterocycles. The molecule has 0 N–H and O–H groups in total. The maximum Gasteiger partial charge on any atom is 0.299 e. The summed E-state index contributed by atoms with van der Waals surface area (Å²) in [5, 5.41) is 0. The summed E-state index contributed by atoms with van der Waals surface area (Å²) in [6.45, 7) is 1.23. The lowest BCUT2D eigenvalue weighted by atomic mass is 9.68. The van der Waals surface area contributed by atoms with Gasteiger partial charge >= 0.3 is 0 Å². The molecular weight excluding hydrogens is 234 g/mol. The lowest BCUT2D eigenvalue weighted by Crippen LogP contribution is -2.42. The number of piperidine rings is 1. The van der Waals surface area contributed by atoms with Gasteiger partial charge in [-0.15, -0.1) is 0 Å². The molecule has 0 radical (unpaired) electrons. The summed E-state index contributed by atoms with van der Waals surface area (Å²) in [5.74, 6) is 0. The minimum atomic E-state index is -3.48. The summed E-state index contributed by atoms with van der Waals surface area (Å²) >= 11 is 0. The van der Waals surface area contributed by atoms with Crippen molar-refractivity contribution in [1.29, 1.82) is 0 Å². The fraction of sp³-hybridized carbons (Fsp3) is 1.00. The lowest BCUT2D eigenvalue weighted by molar-refractivity contribution is 0.103. The van der Waals surface area contributed by atoms with E-state index in [2.05, 4.69) is 0 Å². The van der Waals surface area contributed by atoms with E-state index in [0.717, 1.165) is 12.8 Å². The van der Waals surface area contributed by atoms with E-state index in [9.17, 15) is 8.42 Å². The molecule has 2 aliphatic rings. The number of hydrogen-bond donors (Lipinski definition) is 0. The Balaban J connectivity index is 1.96. The fourth-order valence-electron chi connectivity index (χ4n) is 2.98. The van der Waals surface area contributed by atoms with Gasteiger partial charge in [0, 0.05) is 23.8 Å². The van der Waals surface area contributed by atoms with Gasteiger partial charge in [-0.05, 0) is 31.1 Å². The van der Waals surface area contributed by atoms with Crippen molar-refractivity contribution >= 4 is 19.9 Å². The molecule has 0 atom stereocenters. The molecule has 0 amide bonds. The Morgan fingerprint density at radius 3 is 1.93 bits per heavy atom. The van der Waals surface area contributed by atoms with Crippen LogP contribution in [0.2, 0.25) is 0 Å². The Hall–Kier alpha value is 0.200. The molecule has 1 saturated heterocycles. The molecule has 2 rings (SSSR count). The molecule has 2 fully saturated rings. The Morgan fingerprint density at radius 1 is 0.933 bits per heavy atom. The van der Waals surface area contributed by atoms with E-state index in [4.69, 9.17) is 10.7 Å². The topological polar surface area (TPSA) is 37.4 Å². The summed E-state index contributed by atoms with van der Waals surface area (Å²) < 4.78 is 23.7. The van der Waals surface area contributed by atoms with Gasteiger partial charge in [0.25, 0.3) is 9.24 Å². The monoisotopic (exact) mass is 251 g/mol. The molecule has 0 aromatic rings. The van der Waals surface area contributed by atoms with Crippen molar-refractivity contribution in [3.05, 3.63) is 0 Å². The molecular formula is C10H18ClNO2S. The van der Waals surface area contributed by atoms with Crippen molar-refractivity contribution in [2.75, 3.05) is 13.1 Å². The van der Waals surface area contributed by atoms with Crippen LogP contribution in [0.15, 0.2) is 0 Å². The van der Waals surface area contributed by atoms with E-state index in [1.807, 2.05) is 0 Å². The maximum atomic E-state index is 11.1. The molecule has 0 unspecified atom stereocenters. The van der Waals surface area contributed by atoms with Crippen LogP contribution in [0.25, 0.3) is 0 Å². The van der Waals surface area contributed by atoms with E-state index in [1.54, 1.807) is 0 Å². The van der Waals surface area contributed by atoms with Gasteiger partial charge < -0.3 is 0 Å². The lowest BCUT2D eigenvalue weighted by Gasteiger charge is -2.43. The molecule has 1 aliphatic carbocycles. The Kier molecular flexibility index (Phi) is 3.29. The van der Waals surface area contributed by atoms with Crippen LogP contribution in [-0.4, -0.2) is 25.8 Å². The van der Waals surface area contributed by atoms with Gasteiger partial charge in [0.1, 0.15) is 0 Å². The molecule has 1 aliphatic heterocycles. The normalized spacial score (nSPS) is 28.1. The number of nitrogens with zero attached hydrogens (tertiary/aromatic N) is 1. The second kappa shape index (κ2) is 4.22. The first-order valence-corrected chi connectivity index (χ1v) is 7.98. The summed E-state index contributed by atoms with van der Waals surface area (Å²) in [5.41, 5.74) is 0.441. The van der Waals surface area contributed by atoms with Gasteiger partial charge in [0.2, 0.25) is 0 Å². The van der Waals surface area contributed by atoms with E-state index in [1.165, 1.54) is 36.4 Å². The van der Waals surface area contributed by atoms with Crippen molar-refractivity contribution in [3.8, 4) is 0 Å². The third-order valence-electron chi connectivity index (χ3n) is 4.01. The predicted molar refractivity (Wildman–Crippen MR) is 61.1 cm³/mol. The first kappa shape index (κ1) is 11.7. The fourth-order valence-corrected chi connectivity index (χ4v) is 4.01. The average Bonchev–Trinajstić information content (AvgIpc) is 2.18. The second-order valence-corrected chi connectivity index (χ2v) is 7.41. The zero-order chi connectivity index (χ0) is 10.9. The summed E-state index contributed by atoms with van der Waals surface area (Å²) in [6, 6.07) is 0. The highest BCUT2D eigenvalue weighted by molar-refractivity contribution is 8.11. The molecule has 1 spiro atoms. The highest BCUT2D eigenvalue weighted by Gasteiger charge is 2.37. The third kappa shape index (κ3) is 2.66. The maximum absolute atomic E-state index is 11.1. The minimum Gasteiger partial charge on any atom is -0.195 e. The van der Waals surface area contributed by atoms with Crippen LogP contribution in [0.1, 0.15) is 44.9 Å². The van der Waals surface area contributed by atoms with Crippen LogP contribution in [0.5, 0.6) is 0 Å². The molecule has 5 heteroatoms. The van der Waals surface area contributed by atoms with E-state index in [-0.39, 0.29) is 0 Å². The molecule has 88 valence electrons. The van der Waals surface area contributed by atoms with Crippen LogP contribution >= 0.6 is 10.7 Å². The van der Waals surface area contributed by atoms with Gasteiger partial charge in [-0.25, -0.2) is 0 Å². The highest BCUT2D eigenvalue weighted by Crippen LogP contribution is 2.44. The van der Waals surface area contributed by atoms with E-state index in [0.29, 0.717) is 18.5 Å². The summed E-state index contributed by atoms with van der Waals surface area (Å²) in [4.78, 5) is 0. The first-order chi connectivity index (χ1) is 7.02. The molecule has 0 bridgehead atoms.